The van der Waals surface area contributed by atoms with Crippen molar-refractivity contribution < 1.29 is 9.47 Å². The van der Waals surface area contributed by atoms with Gasteiger partial charge in [0.25, 0.3) is 0 Å². The Morgan fingerprint density at radius 3 is 2.56 bits per heavy atom. The number of benzene rings is 2. The fourth-order valence-electron chi connectivity index (χ4n) is 4.70. The summed E-state index contributed by atoms with van der Waals surface area (Å²) in [5.41, 5.74) is 4.12. The van der Waals surface area contributed by atoms with E-state index >= 15 is 0 Å². The van der Waals surface area contributed by atoms with E-state index in [1.807, 2.05) is 0 Å². The molecule has 4 rings (SSSR count). The van der Waals surface area contributed by atoms with Gasteiger partial charge in [-0.15, -0.1) is 12.4 Å². The molecule has 2 aromatic carbocycles. The van der Waals surface area contributed by atoms with Crippen LogP contribution in [0.4, 0.5) is 0 Å². The molecule has 3 nitrogen and oxygen atoms in total. The van der Waals surface area contributed by atoms with Gasteiger partial charge < -0.3 is 14.4 Å². The van der Waals surface area contributed by atoms with Crippen LogP contribution in [0.2, 0.25) is 0 Å². The molecule has 2 unspecified atom stereocenters. The minimum absolute atomic E-state index is 0. The molecule has 0 saturated carbocycles. The summed E-state index contributed by atoms with van der Waals surface area (Å²) in [7, 11) is 1.78. The van der Waals surface area contributed by atoms with Gasteiger partial charge in [0.05, 0.1) is 13.7 Å². The lowest BCUT2D eigenvalue weighted by molar-refractivity contribution is 0.307. The van der Waals surface area contributed by atoms with Crippen LogP contribution in [-0.4, -0.2) is 38.3 Å². The van der Waals surface area contributed by atoms with Crippen LogP contribution in [0.5, 0.6) is 11.5 Å². The molecule has 0 bridgehead atoms. The van der Waals surface area contributed by atoms with Crippen molar-refractivity contribution in [1.29, 1.82) is 0 Å². The Kier molecular flexibility index (Phi) is 6.67. The maximum atomic E-state index is 6.31. The first kappa shape index (κ1) is 20.0. The first-order valence-electron chi connectivity index (χ1n) is 9.89. The van der Waals surface area contributed by atoms with Crippen LogP contribution in [0.15, 0.2) is 42.5 Å². The lowest BCUT2D eigenvalue weighted by atomic mass is 9.76. The number of rotatable bonds is 6. The fourth-order valence-corrected chi connectivity index (χ4v) is 4.70. The Morgan fingerprint density at radius 2 is 1.81 bits per heavy atom. The van der Waals surface area contributed by atoms with Crippen molar-refractivity contribution in [2.75, 3.05) is 33.4 Å². The Bertz CT molecular complexity index is 750. The van der Waals surface area contributed by atoms with Gasteiger partial charge in [-0.3, -0.25) is 0 Å². The summed E-state index contributed by atoms with van der Waals surface area (Å²) in [6.45, 7) is 6.49. The van der Waals surface area contributed by atoms with E-state index in [2.05, 4.69) is 54.3 Å². The minimum Gasteiger partial charge on any atom is -0.496 e. The Balaban J connectivity index is 0.00000210. The highest BCUT2D eigenvalue weighted by Gasteiger charge is 2.39. The molecule has 146 valence electrons. The second-order valence-electron chi connectivity index (χ2n) is 7.50. The molecule has 4 heteroatoms. The fraction of sp³-hybridized carbons (Fsp3) is 0.478. The molecular weight excluding hydrogens is 358 g/mol. The summed E-state index contributed by atoms with van der Waals surface area (Å²) in [6.07, 6.45) is 3.31. The lowest BCUT2D eigenvalue weighted by Gasteiger charge is -2.30. The normalized spacial score (nSPS) is 21.1. The smallest absolute Gasteiger partial charge is 0.123 e. The Labute approximate surface area is 169 Å². The molecule has 0 amide bonds. The van der Waals surface area contributed by atoms with Gasteiger partial charge >= 0.3 is 0 Å². The molecule has 0 aromatic heterocycles. The molecule has 2 atom stereocenters. The molecule has 0 spiro atoms. The molecule has 1 saturated heterocycles. The van der Waals surface area contributed by atoms with Gasteiger partial charge in [0.1, 0.15) is 11.5 Å². The van der Waals surface area contributed by atoms with Gasteiger partial charge in [0.2, 0.25) is 0 Å². The molecule has 27 heavy (non-hydrogen) atoms. The quantitative estimate of drug-likeness (QED) is 0.715. The van der Waals surface area contributed by atoms with E-state index in [9.17, 15) is 0 Å². The molecule has 0 N–H and O–H groups in total. The minimum atomic E-state index is 0. The number of nitrogens with zero attached hydrogens (tertiary/aromatic N) is 1. The van der Waals surface area contributed by atoms with E-state index in [4.69, 9.17) is 9.47 Å². The van der Waals surface area contributed by atoms with E-state index in [1.54, 1.807) is 7.11 Å². The summed E-state index contributed by atoms with van der Waals surface area (Å²) >= 11 is 0. The standard InChI is InChI=1S/C23H29NO2.ClH/c1-3-24-15-18-9-10-19-21(25-2)11-12-22(23(19)20(18)16-24)26-14-13-17-7-5-4-6-8-17;/h4-8,11-12,18,20H,3,9-10,13-16H2,1-2H3;1H. The maximum absolute atomic E-state index is 6.31. The number of hydrogen-bond donors (Lipinski definition) is 0. The van der Waals surface area contributed by atoms with Crippen molar-refractivity contribution in [3.05, 3.63) is 59.2 Å². The summed E-state index contributed by atoms with van der Waals surface area (Å²) < 4.78 is 12.0. The third kappa shape index (κ3) is 4.09. The Hall–Kier alpha value is -1.71. The van der Waals surface area contributed by atoms with Crippen molar-refractivity contribution in [3.63, 3.8) is 0 Å². The van der Waals surface area contributed by atoms with Crippen molar-refractivity contribution in [2.45, 2.75) is 32.1 Å². The van der Waals surface area contributed by atoms with Crippen molar-refractivity contribution in [2.24, 2.45) is 5.92 Å². The van der Waals surface area contributed by atoms with Crippen LogP contribution in [0.25, 0.3) is 0 Å². The van der Waals surface area contributed by atoms with Crippen LogP contribution in [0, 0.1) is 5.92 Å². The zero-order valence-corrected chi connectivity index (χ0v) is 17.1. The molecule has 2 aromatic rings. The van der Waals surface area contributed by atoms with Crippen LogP contribution in [0.3, 0.4) is 0 Å². The van der Waals surface area contributed by atoms with Gasteiger partial charge in [0.15, 0.2) is 0 Å². The Morgan fingerprint density at radius 1 is 1.04 bits per heavy atom. The third-order valence-corrected chi connectivity index (χ3v) is 6.08. The number of halogens is 1. The molecule has 1 aliphatic heterocycles. The highest BCUT2D eigenvalue weighted by molar-refractivity contribution is 5.85. The number of ether oxygens (including phenoxy) is 2. The number of fused-ring (bicyclic) bond motifs is 3. The number of hydrogen-bond acceptors (Lipinski definition) is 3. The van der Waals surface area contributed by atoms with Gasteiger partial charge in [0, 0.05) is 36.6 Å². The summed E-state index contributed by atoms with van der Waals surface area (Å²) in [5.74, 6) is 3.44. The zero-order valence-electron chi connectivity index (χ0n) is 16.3. The van der Waals surface area contributed by atoms with Crippen molar-refractivity contribution in [1.82, 2.24) is 4.90 Å². The predicted octanol–water partition coefficient (Wildman–Crippen LogP) is 4.72. The van der Waals surface area contributed by atoms with E-state index in [0.717, 1.165) is 50.0 Å². The maximum Gasteiger partial charge on any atom is 0.123 e. The average Bonchev–Trinajstić information content (AvgIpc) is 3.12. The predicted molar refractivity (Wildman–Crippen MR) is 113 cm³/mol. The molecule has 1 fully saturated rings. The summed E-state index contributed by atoms with van der Waals surface area (Å²) in [5, 5.41) is 0. The average molecular weight is 388 g/mol. The number of likely N-dealkylation sites (tertiary alicyclic amines) is 1. The SMILES string of the molecule is CCN1CC2CCc3c(OC)ccc(OCCc4ccccc4)c3C2C1.Cl. The van der Waals surface area contributed by atoms with Crippen LogP contribution >= 0.6 is 12.4 Å². The largest absolute Gasteiger partial charge is 0.496 e. The first-order chi connectivity index (χ1) is 12.8. The second kappa shape index (κ2) is 8.99. The van der Waals surface area contributed by atoms with E-state index in [0.29, 0.717) is 5.92 Å². The summed E-state index contributed by atoms with van der Waals surface area (Å²) in [6, 6.07) is 14.8. The zero-order chi connectivity index (χ0) is 17.9. The third-order valence-electron chi connectivity index (χ3n) is 6.08. The number of likely N-dealkylation sites (N-methyl/N-ethyl adjacent to an activating group) is 1. The van der Waals surface area contributed by atoms with Crippen LogP contribution < -0.4 is 9.47 Å². The van der Waals surface area contributed by atoms with Crippen LogP contribution in [0.1, 0.15) is 36.0 Å². The van der Waals surface area contributed by atoms with Gasteiger partial charge in [-0.05, 0) is 43.0 Å². The van der Waals surface area contributed by atoms with Gasteiger partial charge in [-0.1, -0.05) is 37.3 Å². The number of methoxy groups -OCH3 is 1. The lowest BCUT2D eigenvalue weighted by Crippen LogP contribution is -2.21. The van der Waals surface area contributed by atoms with E-state index < -0.39 is 0 Å². The topological polar surface area (TPSA) is 21.7 Å². The first-order valence-corrected chi connectivity index (χ1v) is 9.89. The van der Waals surface area contributed by atoms with Crippen molar-refractivity contribution >= 4 is 12.4 Å². The molecule has 1 aliphatic carbocycles. The van der Waals surface area contributed by atoms with Gasteiger partial charge in [-0.2, -0.15) is 0 Å². The summed E-state index contributed by atoms with van der Waals surface area (Å²) in [4.78, 5) is 2.58. The molecule has 1 heterocycles. The van der Waals surface area contributed by atoms with E-state index in [1.165, 1.54) is 29.7 Å². The molecule has 2 aliphatic rings. The molecule has 0 radical (unpaired) electrons. The van der Waals surface area contributed by atoms with Crippen LogP contribution in [-0.2, 0) is 12.8 Å². The monoisotopic (exact) mass is 387 g/mol. The highest BCUT2D eigenvalue weighted by Crippen LogP contribution is 2.48. The van der Waals surface area contributed by atoms with Gasteiger partial charge in [-0.25, -0.2) is 0 Å². The second-order valence-corrected chi connectivity index (χ2v) is 7.50. The van der Waals surface area contributed by atoms with E-state index in [-0.39, 0.29) is 12.4 Å². The molecular formula is C23H30ClNO2. The highest BCUT2D eigenvalue weighted by atomic mass is 35.5. The van der Waals surface area contributed by atoms with Crippen molar-refractivity contribution in [3.8, 4) is 11.5 Å².